The molecule has 5 nitrogen and oxygen atoms in total. The quantitative estimate of drug-likeness (QED) is 0.610. The van der Waals surface area contributed by atoms with Gasteiger partial charge in [0.05, 0.1) is 12.7 Å². The molecule has 3 aromatic rings. The number of pyridine rings is 1. The molecule has 0 amide bonds. The van der Waals surface area contributed by atoms with E-state index in [1.165, 1.54) is 5.39 Å². The Morgan fingerprint density at radius 2 is 1.93 bits per heavy atom. The molecule has 0 saturated carbocycles. The molecular weight excluding hydrogens is 338 g/mol. The van der Waals surface area contributed by atoms with Gasteiger partial charge < -0.3 is 20.1 Å². The van der Waals surface area contributed by atoms with Gasteiger partial charge in [0.25, 0.3) is 0 Å². The maximum Gasteiger partial charge on any atom is 0.128 e. The van der Waals surface area contributed by atoms with Crippen LogP contribution in [0.15, 0.2) is 60.8 Å². The summed E-state index contributed by atoms with van der Waals surface area (Å²) in [6.07, 6.45) is 1.33. The Morgan fingerprint density at radius 3 is 2.67 bits per heavy atom. The number of likely N-dealkylation sites (N-methyl/N-ethyl adjacent to an activating group) is 1. The van der Waals surface area contributed by atoms with Crippen LogP contribution in [0.25, 0.3) is 10.8 Å². The van der Waals surface area contributed by atoms with Crippen LogP contribution in [0.1, 0.15) is 17.2 Å². The molecule has 0 fully saturated rings. The molecule has 2 aromatic carbocycles. The molecule has 1 aromatic heterocycles. The molecule has 1 heterocycles. The van der Waals surface area contributed by atoms with E-state index in [0.717, 1.165) is 28.9 Å². The minimum absolute atomic E-state index is 0.494. The van der Waals surface area contributed by atoms with E-state index < -0.39 is 6.10 Å². The van der Waals surface area contributed by atoms with Crippen molar-refractivity contribution < 1.29 is 9.84 Å². The van der Waals surface area contributed by atoms with E-state index in [4.69, 9.17) is 4.74 Å². The lowest BCUT2D eigenvalue weighted by molar-refractivity contribution is 0.174. The number of hydrogen-bond donors (Lipinski definition) is 2. The summed E-state index contributed by atoms with van der Waals surface area (Å²) in [5, 5.41) is 16.1. The maximum atomic E-state index is 10.5. The Kier molecular flexibility index (Phi) is 6.76. The number of nitrogens with zero attached hydrogens (tertiary/aromatic N) is 2. The third kappa shape index (κ3) is 5.26. The molecule has 0 radical (unpaired) electrons. The van der Waals surface area contributed by atoms with Crippen molar-refractivity contribution in [2.75, 3.05) is 38.8 Å². The number of anilines is 1. The molecule has 0 aliphatic carbocycles. The normalized spacial score (nSPS) is 12.3. The largest absolute Gasteiger partial charge is 0.387 e. The van der Waals surface area contributed by atoms with Crippen molar-refractivity contribution in [2.24, 2.45) is 0 Å². The van der Waals surface area contributed by atoms with Crippen molar-refractivity contribution in [1.29, 1.82) is 0 Å². The van der Waals surface area contributed by atoms with E-state index in [1.54, 1.807) is 7.11 Å². The highest BCUT2D eigenvalue weighted by atomic mass is 16.5. The molecule has 0 unspecified atom stereocenters. The third-order valence-electron chi connectivity index (χ3n) is 4.66. The van der Waals surface area contributed by atoms with Crippen LogP contribution in [0, 0.1) is 0 Å². The van der Waals surface area contributed by atoms with E-state index in [-0.39, 0.29) is 0 Å². The Morgan fingerprint density at radius 1 is 1.11 bits per heavy atom. The van der Waals surface area contributed by atoms with Crippen molar-refractivity contribution >= 4 is 16.6 Å². The van der Waals surface area contributed by atoms with Crippen LogP contribution in [0.3, 0.4) is 0 Å². The van der Waals surface area contributed by atoms with Gasteiger partial charge in [0, 0.05) is 40.0 Å². The van der Waals surface area contributed by atoms with Gasteiger partial charge in [-0.05, 0) is 34.0 Å². The van der Waals surface area contributed by atoms with E-state index in [1.807, 2.05) is 43.6 Å². The maximum absolute atomic E-state index is 10.5. The summed E-state index contributed by atoms with van der Waals surface area (Å²) in [7, 11) is 3.70. The molecule has 0 spiro atoms. The number of methoxy groups -OCH3 is 1. The molecule has 1 atom stereocenters. The summed E-state index contributed by atoms with van der Waals surface area (Å²) in [5.41, 5.74) is 2.01. The monoisotopic (exact) mass is 365 g/mol. The number of rotatable bonds is 9. The minimum Gasteiger partial charge on any atom is -0.387 e. The Balaban J connectivity index is 1.51. The van der Waals surface area contributed by atoms with Gasteiger partial charge in [-0.2, -0.15) is 0 Å². The molecule has 0 aliphatic heterocycles. The number of aliphatic hydroxyl groups is 1. The van der Waals surface area contributed by atoms with Gasteiger partial charge in [0.1, 0.15) is 5.82 Å². The zero-order valence-electron chi connectivity index (χ0n) is 15.9. The molecule has 0 saturated heterocycles. The van der Waals surface area contributed by atoms with Crippen molar-refractivity contribution in [3.8, 4) is 0 Å². The van der Waals surface area contributed by atoms with Gasteiger partial charge in [-0.1, -0.05) is 42.5 Å². The number of benzene rings is 2. The van der Waals surface area contributed by atoms with E-state index in [2.05, 4.69) is 39.5 Å². The predicted octanol–water partition coefficient (Wildman–Crippen LogP) is 3.14. The summed E-state index contributed by atoms with van der Waals surface area (Å²) < 4.78 is 5.09. The smallest absolute Gasteiger partial charge is 0.128 e. The second kappa shape index (κ2) is 9.46. The van der Waals surface area contributed by atoms with Crippen molar-refractivity contribution in [1.82, 2.24) is 10.3 Å². The average molecular weight is 365 g/mol. The van der Waals surface area contributed by atoms with Gasteiger partial charge in [0.15, 0.2) is 0 Å². The van der Waals surface area contributed by atoms with Crippen molar-refractivity contribution in [3.63, 3.8) is 0 Å². The minimum atomic E-state index is -0.540. The Bertz CT molecular complexity index is 852. The Labute approximate surface area is 160 Å². The topological polar surface area (TPSA) is 57.6 Å². The fraction of sp³-hybridized carbons (Fsp3) is 0.318. The van der Waals surface area contributed by atoms with Crippen molar-refractivity contribution in [3.05, 3.63) is 71.9 Å². The molecule has 0 bridgehead atoms. The number of aliphatic hydroxyl groups excluding tert-OH is 1. The van der Waals surface area contributed by atoms with Crippen LogP contribution < -0.4 is 10.2 Å². The zero-order valence-corrected chi connectivity index (χ0v) is 15.9. The second-order valence-corrected chi connectivity index (χ2v) is 6.69. The third-order valence-corrected chi connectivity index (χ3v) is 4.66. The van der Waals surface area contributed by atoms with Crippen LogP contribution >= 0.6 is 0 Å². The summed E-state index contributed by atoms with van der Waals surface area (Å²) in [4.78, 5) is 6.55. The first-order valence-electron chi connectivity index (χ1n) is 9.20. The number of hydrogen-bond acceptors (Lipinski definition) is 5. The number of aromatic nitrogens is 1. The molecule has 0 aliphatic rings. The van der Waals surface area contributed by atoms with Crippen LogP contribution in [0.5, 0.6) is 0 Å². The van der Waals surface area contributed by atoms with E-state index >= 15 is 0 Å². The number of fused-ring (bicyclic) bond motifs is 1. The fourth-order valence-electron chi connectivity index (χ4n) is 2.98. The Hall–Kier alpha value is -2.47. The van der Waals surface area contributed by atoms with Gasteiger partial charge in [-0.15, -0.1) is 0 Å². The van der Waals surface area contributed by atoms with Gasteiger partial charge >= 0.3 is 0 Å². The van der Waals surface area contributed by atoms with E-state index in [9.17, 15) is 5.11 Å². The molecule has 142 valence electrons. The first-order chi connectivity index (χ1) is 13.2. The molecule has 2 N–H and O–H groups in total. The highest BCUT2D eigenvalue weighted by molar-refractivity contribution is 5.83. The molecule has 5 heteroatoms. The standard InChI is InChI=1S/C22H27N3O2/c1-25(11-12-27-2)22-10-7-17(15-24-22)14-23-16-21(26)20-9-8-18-5-3-4-6-19(18)13-20/h3-10,13,15,21,23,26H,11-12,14,16H2,1-2H3/t21-/m0/s1. The molecule has 3 rings (SSSR count). The highest BCUT2D eigenvalue weighted by Gasteiger charge is 2.08. The summed E-state index contributed by atoms with van der Waals surface area (Å²) in [6, 6.07) is 18.3. The zero-order chi connectivity index (χ0) is 19.1. The summed E-state index contributed by atoms with van der Waals surface area (Å²) >= 11 is 0. The number of ether oxygens (including phenoxy) is 1. The van der Waals surface area contributed by atoms with Crippen molar-refractivity contribution in [2.45, 2.75) is 12.6 Å². The van der Waals surface area contributed by atoms with Gasteiger partial charge in [-0.3, -0.25) is 0 Å². The first-order valence-corrected chi connectivity index (χ1v) is 9.20. The highest BCUT2D eigenvalue weighted by Crippen LogP contribution is 2.20. The van der Waals surface area contributed by atoms with Crippen LogP contribution in [0.4, 0.5) is 5.82 Å². The van der Waals surface area contributed by atoms with Crippen LogP contribution in [-0.2, 0) is 11.3 Å². The lowest BCUT2D eigenvalue weighted by Gasteiger charge is -2.18. The molecular formula is C22H27N3O2. The summed E-state index contributed by atoms with van der Waals surface area (Å²) in [5.74, 6) is 0.923. The van der Waals surface area contributed by atoms with Crippen LogP contribution in [-0.4, -0.2) is 43.9 Å². The van der Waals surface area contributed by atoms with Gasteiger partial charge in [0.2, 0.25) is 0 Å². The number of nitrogens with one attached hydrogen (secondary N) is 1. The van der Waals surface area contributed by atoms with Gasteiger partial charge in [-0.25, -0.2) is 4.98 Å². The SMILES string of the molecule is COCCN(C)c1ccc(CNC[C@H](O)c2ccc3ccccc3c2)cn1. The molecule has 27 heavy (non-hydrogen) atoms. The average Bonchev–Trinajstić information content (AvgIpc) is 2.72. The lowest BCUT2D eigenvalue weighted by Crippen LogP contribution is -2.23. The lowest BCUT2D eigenvalue weighted by atomic mass is 10.0. The first kappa shape index (κ1) is 19.3. The van der Waals surface area contributed by atoms with Crippen LogP contribution in [0.2, 0.25) is 0 Å². The van der Waals surface area contributed by atoms with E-state index in [0.29, 0.717) is 19.7 Å². The second-order valence-electron chi connectivity index (χ2n) is 6.69. The fourth-order valence-corrected chi connectivity index (χ4v) is 2.98. The predicted molar refractivity (Wildman–Crippen MR) is 110 cm³/mol. The summed E-state index contributed by atoms with van der Waals surface area (Å²) in [6.45, 7) is 2.64.